The van der Waals surface area contributed by atoms with E-state index in [2.05, 4.69) is 29.7 Å². The minimum absolute atomic E-state index is 0.0356. The Morgan fingerprint density at radius 3 is 2.67 bits per heavy atom. The molecule has 2 fully saturated rings. The zero-order valence-corrected chi connectivity index (χ0v) is 23.8. The van der Waals surface area contributed by atoms with Gasteiger partial charge in [0.2, 0.25) is 0 Å². The molecular weight excluding hydrogens is 516 g/mol. The number of rotatable bonds is 8. The number of aryl methyl sites for hydroxylation is 1. The number of likely N-dealkylation sites (tertiary alicyclic amines) is 1. The molecule has 212 valence electrons. The van der Waals surface area contributed by atoms with Gasteiger partial charge in [-0.1, -0.05) is 54.9 Å². The molecule has 4 rings (SSSR count). The number of alkyl carbamates (subject to hydrolysis) is 1. The number of carbonyl (C=O) groups is 2. The monoisotopic (exact) mass is 556 g/mol. The van der Waals surface area contributed by atoms with Gasteiger partial charge in [0.25, 0.3) is 0 Å². The molecule has 3 amide bonds. The van der Waals surface area contributed by atoms with Crippen molar-refractivity contribution in [1.29, 1.82) is 0 Å². The highest BCUT2D eigenvalue weighted by molar-refractivity contribution is 6.33. The van der Waals surface area contributed by atoms with Crippen LogP contribution >= 0.6 is 11.6 Å². The fourth-order valence-electron chi connectivity index (χ4n) is 5.86. The smallest absolute Gasteiger partial charge is 0.406 e. The van der Waals surface area contributed by atoms with Crippen molar-refractivity contribution in [2.45, 2.75) is 44.6 Å². The number of amides is 3. The van der Waals surface area contributed by atoms with Gasteiger partial charge in [-0.15, -0.1) is 0 Å². The molecule has 2 saturated heterocycles. The highest BCUT2D eigenvalue weighted by Gasteiger charge is 2.43. The Morgan fingerprint density at radius 1 is 1.15 bits per heavy atom. The first-order valence-electron chi connectivity index (χ1n) is 14.1. The molecule has 9 heteroatoms. The van der Waals surface area contributed by atoms with Crippen LogP contribution in [0.4, 0.5) is 9.59 Å². The number of ether oxygens (including phenoxy) is 1. The van der Waals surface area contributed by atoms with Gasteiger partial charge in [0, 0.05) is 62.8 Å². The molecule has 0 aliphatic carbocycles. The number of halogens is 1. The Hall–Kier alpha value is -2.81. The van der Waals surface area contributed by atoms with E-state index in [1.54, 1.807) is 0 Å². The van der Waals surface area contributed by atoms with E-state index < -0.39 is 11.7 Å². The molecule has 0 bridgehead atoms. The van der Waals surface area contributed by atoms with Gasteiger partial charge in [-0.25, -0.2) is 9.59 Å². The van der Waals surface area contributed by atoms with Gasteiger partial charge in [0.15, 0.2) is 0 Å². The molecule has 0 saturated carbocycles. The molecule has 2 aromatic rings. The van der Waals surface area contributed by atoms with Gasteiger partial charge in [0.1, 0.15) is 0 Å². The lowest BCUT2D eigenvalue weighted by atomic mass is 9.72. The quantitative estimate of drug-likeness (QED) is 0.412. The summed E-state index contributed by atoms with van der Waals surface area (Å²) < 4.78 is 5.25. The van der Waals surface area contributed by atoms with Crippen LogP contribution in [0.25, 0.3) is 11.1 Å². The number of hydrogen-bond acceptors (Lipinski definition) is 5. The number of benzene rings is 2. The van der Waals surface area contributed by atoms with E-state index in [-0.39, 0.29) is 18.6 Å². The summed E-state index contributed by atoms with van der Waals surface area (Å²) >= 11 is 6.84. The molecule has 2 atom stereocenters. The van der Waals surface area contributed by atoms with Crippen LogP contribution in [0.3, 0.4) is 0 Å². The first kappa shape index (κ1) is 29.2. The summed E-state index contributed by atoms with van der Waals surface area (Å²) in [5.41, 5.74) is 2.43. The van der Waals surface area contributed by atoms with Crippen LogP contribution in [0.5, 0.6) is 0 Å². The van der Waals surface area contributed by atoms with Crippen LogP contribution in [0.15, 0.2) is 42.5 Å². The largest absolute Gasteiger partial charge is 0.450 e. The standard InChI is InChI=1S/C30H41ClN4O4/c1-3-22-8-4-9-23(20-22)27-25(11-5-12-26(27)31)30(38,13-7-19-39-28(36)32-2)24-10-6-16-35(21-24)29(37)34-17-14-33-15-18-34/h4-5,8-9,11-12,20,24,33,38H,3,6-7,10,13-19,21H2,1-2H3,(H,32,36). The summed E-state index contributed by atoms with van der Waals surface area (Å²) in [5, 5.41) is 19.0. The Kier molecular flexibility index (Phi) is 10.1. The van der Waals surface area contributed by atoms with Crippen molar-refractivity contribution >= 4 is 23.7 Å². The molecular formula is C30H41ClN4O4. The third-order valence-electron chi connectivity index (χ3n) is 8.00. The van der Waals surface area contributed by atoms with E-state index in [1.807, 2.05) is 40.1 Å². The van der Waals surface area contributed by atoms with Crippen LogP contribution < -0.4 is 10.6 Å². The van der Waals surface area contributed by atoms with E-state index in [1.165, 1.54) is 12.6 Å². The SMILES string of the molecule is CCc1cccc(-c2c(Cl)cccc2C(O)(CCCOC(=O)NC)C2CCCN(C(=O)N3CCNCC3)C2)c1. The van der Waals surface area contributed by atoms with Crippen molar-refractivity contribution < 1.29 is 19.4 Å². The normalized spacial score (nSPS) is 19.3. The fraction of sp³-hybridized carbons (Fsp3) is 0.533. The molecule has 2 aliphatic heterocycles. The predicted octanol–water partition coefficient (Wildman–Crippen LogP) is 4.63. The number of hydrogen-bond donors (Lipinski definition) is 3. The van der Waals surface area contributed by atoms with Crippen molar-refractivity contribution in [2.75, 3.05) is 52.9 Å². The van der Waals surface area contributed by atoms with Crippen LogP contribution in [-0.2, 0) is 16.8 Å². The minimum atomic E-state index is -1.28. The van der Waals surface area contributed by atoms with Crippen LogP contribution in [0.2, 0.25) is 5.02 Å². The van der Waals surface area contributed by atoms with Crippen molar-refractivity contribution in [3.8, 4) is 11.1 Å². The van der Waals surface area contributed by atoms with Crippen LogP contribution in [0.1, 0.15) is 43.7 Å². The van der Waals surface area contributed by atoms with E-state index in [9.17, 15) is 14.7 Å². The van der Waals surface area contributed by atoms with E-state index in [4.69, 9.17) is 16.3 Å². The Bertz CT molecular complexity index is 1140. The summed E-state index contributed by atoms with van der Waals surface area (Å²) in [6.45, 7) is 6.38. The average molecular weight is 557 g/mol. The van der Waals surface area contributed by atoms with Gasteiger partial charge in [0.05, 0.1) is 12.2 Å². The summed E-state index contributed by atoms with van der Waals surface area (Å²) in [7, 11) is 1.52. The van der Waals surface area contributed by atoms with Gasteiger partial charge in [-0.3, -0.25) is 0 Å². The highest BCUT2D eigenvalue weighted by atomic mass is 35.5. The molecule has 2 unspecified atom stereocenters. The molecule has 0 radical (unpaired) electrons. The molecule has 2 aliphatic rings. The number of carbonyl (C=O) groups excluding carboxylic acids is 2. The van der Waals surface area contributed by atoms with E-state index in [0.29, 0.717) is 44.0 Å². The maximum absolute atomic E-state index is 13.4. The molecule has 0 spiro atoms. The zero-order chi connectivity index (χ0) is 27.8. The maximum atomic E-state index is 13.4. The number of nitrogens with one attached hydrogen (secondary N) is 2. The number of aliphatic hydroxyl groups is 1. The van der Waals surface area contributed by atoms with E-state index >= 15 is 0 Å². The Labute approximate surface area is 236 Å². The van der Waals surface area contributed by atoms with Crippen LogP contribution in [-0.4, -0.2) is 80.0 Å². The number of piperazine rings is 1. The lowest BCUT2D eigenvalue weighted by Crippen LogP contribution is -2.55. The summed E-state index contributed by atoms with van der Waals surface area (Å²) in [5.74, 6) is -0.204. The molecule has 2 heterocycles. The second-order valence-electron chi connectivity index (χ2n) is 10.4. The molecule has 0 aromatic heterocycles. The molecule has 39 heavy (non-hydrogen) atoms. The predicted molar refractivity (Wildman–Crippen MR) is 154 cm³/mol. The third-order valence-corrected chi connectivity index (χ3v) is 8.31. The molecule has 3 N–H and O–H groups in total. The fourth-order valence-corrected chi connectivity index (χ4v) is 6.14. The van der Waals surface area contributed by atoms with Crippen molar-refractivity contribution in [3.63, 3.8) is 0 Å². The summed E-state index contributed by atoms with van der Waals surface area (Å²) in [6, 6.07) is 14.0. The highest BCUT2D eigenvalue weighted by Crippen LogP contribution is 2.45. The minimum Gasteiger partial charge on any atom is -0.450 e. The lowest BCUT2D eigenvalue weighted by Gasteiger charge is -2.45. The Morgan fingerprint density at radius 2 is 1.92 bits per heavy atom. The second kappa shape index (κ2) is 13.5. The summed E-state index contributed by atoms with van der Waals surface area (Å²) in [6.07, 6.45) is 2.81. The Balaban J connectivity index is 1.68. The van der Waals surface area contributed by atoms with Gasteiger partial charge >= 0.3 is 12.1 Å². The number of piperidine rings is 1. The topological polar surface area (TPSA) is 94.1 Å². The van der Waals surface area contributed by atoms with Gasteiger partial charge in [-0.05, 0) is 54.9 Å². The first-order chi connectivity index (χ1) is 18.9. The van der Waals surface area contributed by atoms with Crippen molar-refractivity contribution in [3.05, 3.63) is 58.6 Å². The number of urea groups is 1. The van der Waals surface area contributed by atoms with E-state index in [0.717, 1.165) is 49.0 Å². The molecule has 2 aromatic carbocycles. The van der Waals surface area contributed by atoms with Gasteiger partial charge < -0.3 is 30.3 Å². The zero-order valence-electron chi connectivity index (χ0n) is 23.0. The summed E-state index contributed by atoms with van der Waals surface area (Å²) in [4.78, 5) is 28.8. The first-order valence-corrected chi connectivity index (χ1v) is 14.4. The van der Waals surface area contributed by atoms with Crippen molar-refractivity contribution in [2.24, 2.45) is 5.92 Å². The maximum Gasteiger partial charge on any atom is 0.406 e. The van der Waals surface area contributed by atoms with Crippen LogP contribution in [0, 0.1) is 5.92 Å². The van der Waals surface area contributed by atoms with Gasteiger partial charge in [-0.2, -0.15) is 0 Å². The second-order valence-corrected chi connectivity index (χ2v) is 10.8. The third kappa shape index (κ3) is 6.86. The average Bonchev–Trinajstić information content (AvgIpc) is 2.99. The number of nitrogens with zero attached hydrogens (tertiary/aromatic N) is 2. The molecule has 8 nitrogen and oxygen atoms in total. The lowest BCUT2D eigenvalue weighted by molar-refractivity contribution is -0.0588. The van der Waals surface area contributed by atoms with Crippen molar-refractivity contribution in [1.82, 2.24) is 20.4 Å².